The number of aromatic nitrogens is 2. The summed E-state index contributed by atoms with van der Waals surface area (Å²) in [6, 6.07) is 2.93. The van der Waals surface area contributed by atoms with Gasteiger partial charge in [-0.25, -0.2) is 0 Å². The number of halogens is 3. The standard InChI is InChI=1S/C10H7BrCl2N4O2/c11-4-1-6(14-3-4)9(18)16-17-10(19)7-2-5(12)8(13)15-7/h1-3,14-15H,(H,16,18)(H,17,19). The fourth-order valence-corrected chi connectivity index (χ4v) is 1.93. The van der Waals surface area contributed by atoms with Gasteiger partial charge >= 0.3 is 0 Å². The van der Waals surface area contributed by atoms with Crippen LogP contribution in [-0.4, -0.2) is 21.8 Å². The molecule has 0 unspecified atom stereocenters. The first-order valence-electron chi connectivity index (χ1n) is 4.96. The number of hydrazine groups is 1. The molecule has 0 saturated heterocycles. The maximum atomic E-state index is 11.7. The topological polar surface area (TPSA) is 89.8 Å². The largest absolute Gasteiger partial charge is 0.356 e. The van der Waals surface area contributed by atoms with Gasteiger partial charge < -0.3 is 9.97 Å². The molecule has 0 aromatic carbocycles. The van der Waals surface area contributed by atoms with Gasteiger partial charge in [-0.15, -0.1) is 0 Å². The van der Waals surface area contributed by atoms with Crippen LogP contribution in [0.1, 0.15) is 21.0 Å². The maximum absolute atomic E-state index is 11.7. The Morgan fingerprint density at radius 2 is 1.74 bits per heavy atom. The Morgan fingerprint density at radius 3 is 2.21 bits per heavy atom. The van der Waals surface area contributed by atoms with Gasteiger partial charge in [-0.1, -0.05) is 23.2 Å². The van der Waals surface area contributed by atoms with Crippen molar-refractivity contribution in [3.63, 3.8) is 0 Å². The Hall–Kier alpha value is -1.44. The van der Waals surface area contributed by atoms with Gasteiger partial charge in [0.2, 0.25) is 0 Å². The van der Waals surface area contributed by atoms with Crippen molar-refractivity contribution in [2.24, 2.45) is 0 Å². The van der Waals surface area contributed by atoms with Crippen LogP contribution in [-0.2, 0) is 0 Å². The number of aromatic amines is 2. The molecule has 4 N–H and O–H groups in total. The Balaban J connectivity index is 1.95. The third-order valence-electron chi connectivity index (χ3n) is 2.15. The molecule has 2 aromatic rings. The minimum absolute atomic E-state index is 0.142. The lowest BCUT2D eigenvalue weighted by Gasteiger charge is -2.04. The lowest BCUT2D eigenvalue weighted by atomic mass is 10.4. The Labute approximate surface area is 126 Å². The second-order valence-corrected chi connectivity index (χ2v) is 5.19. The van der Waals surface area contributed by atoms with Gasteiger partial charge in [-0.2, -0.15) is 0 Å². The molecule has 2 amide bonds. The maximum Gasteiger partial charge on any atom is 0.286 e. The Morgan fingerprint density at radius 1 is 1.11 bits per heavy atom. The number of hydrogen-bond donors (Lipinski definition) is 4. The van der Waals surface area contributed by atoms with Crippen LogP contribution in [0.3, 0.4) is 0 Å². The van der Waals surface area contributed by atoms with E-state index in [1.807, 2.05) is 0 Å². The monoisotopic (exact) mass is 364 g/mol. The molecular formula is C10H7BrCl2N4O2. The molecule has 0 bridgehead atoms. The highest BCUT2D eigenvalue weighted by Crippen LogP contribution is 2.21. The molecule has 0 atom stereocenters. The minimum atomic E-state index is -0.562. The number of hydrogen-bond acceptors (Lipinski definition) is 2. The van der Waals surface area contributed by atoms with E-state index in [-0.39, 0.29) is 15.9 Å². The van der Waals surface area contributed by atoms with Crippen LogP contribution in [0.15, 0.2) is 22.8 Å². The van der Waals surface area contributed by atoms with Crippen LogP contribution in [0, 0.1) is 0 Å². The third kappa shape index (κ3) is 3.31. The average Bonchev–Trinajstić information content (AvgIpc) is 2.93. The van der Waals surface area contributed by atoms with Crippen molar-refractivity contribution >= 4 is 50.9 Å². The first kappa shape index (κ1) is 14.0. The zero-order valence-electron chi connectivity index (χ0n) is 9.18. The summed E-state index contributed by atoms with van der Waals surface area (Å²) < 4.78 is 0.729. The van der Waals surface area contributed by atoms with Crippen LogP contribution in [0.4, 0.5) is 0 Å². The van der Waals surface area contributed by atoms with E-state index in [0.717, 1.165) is 4.47 Å². The number of carbonyl (C=O) groups is 2. The van der Waals surface area contributed by atoms with Crippen LogP contribution in [0.2, 0.25) is 10.2 Å². The van der Waals surface area contributed by atoms with Gasteiger partial charge in [0.25, 0.3) is 11.8 Å². The van der Waals surface area contributed by atoms with E-state index < -0.39 is 11.8 Å². The molecule has 0 radical (unpaired) electrons. The summed E-state index contributed by atoms with van der Waals surface area (Å²) in [6.07, 6.45) is 1.60. The molecule has 6 nitrogen and oxygen atoms in total. The quantitative estimate of drug-likeness (QED) is 0.616. The molecule has 2 heterocycles. The van der Waals surface area contributed by atoms with Crippen LogP contribution < -0.4 is 10.9 Å². The molecule has 0 aliphatic heterocycles. The van der Waals surface area contributed by atoms with Crippen molar-refractivity contribution in [3.05, 3.63) is 44.4 Å². The number of amides is 2. The molecule has 19 heavy (non-hydrogen) atoms. The van der Waals surface area contributed by atoms with Crippen molar-refractivity contribution < 1.29 is 9.59 Å². The smallest absolute Gasteiger partial charge is 0.286 e. The van der Waals surface area contributed by atoms with Gasteiger partial charge in [0.15, 0.2) is 0 Å². The van der Waals surface area contributed by atoms with E-state index in [4.69, 9.17) is 23.2 Å². The predicted molar refractivity (Wildman–Crippen MR) is 74.2 cm³/mol. The molecule has 100 valence electrons. The number of H-pyrrole nitrogens is 2. The van der Waals surface area contributed by atoms with E-state index in [2.05, 4.69) is 36.7 Å². The van der Waals surface area contributed by atoms with Crippen molar-refractivity contribution in [1.29, 1.82) is 0 Å². The van der Waals surface area contributed by atoms with Gasteiger partial charge in [-0.3, -0.25) is 20.4 Å². The van der Waals surface area contributed by atoms with E-state index in [0.29, 0.717) is 5.69 Å². The lowest BCUT2D eigenvalue weighted by molar-refractivity contribution is 0.0842. The summed E-state index contributed by atoms with van der Waals surface area (Å²) in [5.74, 6) is -1.05. The number of carbonyl (C=O) groups excluding carboxylic acids is 2. The van der Waals surface area contributed by atoms with E-state index >= 15 is 0 Å². The first-order valence-corrected chi connectivity index (χ1v) is 6.51. The average molecular weight is 366 g/mol. The number of nitrogens with one attached hydrogen (secondary N) is 4. The first-order chi connectivity index (χ1) is 8.97. The molecule has 9 heteroatoms. The third-order valence-corrected chi connectivity index (χ3v) is 3.30. The molecule has 2 rings (SSSR count). The Bertz CT molecular complexity index is 618. The summed E-state index contributed by atoms with van der Waals surface area (Å²) in [5, 5.41) is 0.387. The molecule has 0 spiro atoms. The van der Waals surface area contributed by atoms with Gasteiger partial charge in [-0.05, 0) is 28.1 Å². The molecule has 0 aliphatic rings. The normalized spacial score (nSPS) is 10.3. The second kappa shape index (κ2) is 5.68. The summed E-state index contributed by atoms with van der Waals surface area (Å²) >= 11 is 14.6. The fraction of sp³-hybridized carbons (Fsp3) is 0. The van der Waals surface area contributed by atoms with Gasteiger partial charge in [0.05, 0.1) is 5.02 Å². The molecular weight excluding hydrogens is 359 g/mol. The highest BCUT2D eigenvalue weighted by molar-refractivity contribution is 9.10. The lowest BCUT2D eigenvalue weighted by Crippen LogP contribution is -2.41. The molecule has 0 saturated carbocycles. The highest BCUT2D eigenvalue weighted by atomic mass is 79.9. The van der Waals surface area contributed by atoms with E-state index in [9.17, 15) is 9.59 Å². The van der Waals surface area contributed by atoms with Gasteiger partial charge in [0.1, 0.15) is 16.5 Å². The Kier molecular flexibility index (Phi) is 4.18. The van der Waals surface area contributed by atoms with E-state index in [1.165, 1.54) is 6.07 Å². The molecule has 2 aromatic heterocycles. The molecule has 0 aliphatic carbocycles. The predicted octanol–water partition coefficient (Wildman–Crippen LogP) is 2.49. The van der Waals surface area contributed by atoms with Crippen LogP contribution in [0.5, 0.6) is 0 Å². The zero-order chi connectivity index (χ0) is 14.0. The minimum Gasteiger partial charge on any atom is -0.356 e. The highest BCUT2D eigenvalue weighted by Gasteiger charge is 2.13. The summed E-state index contributed by atoms with van der Waals surface area (Å²) in [4.78, 5) is 28.6. The van der Waals surface area contributed by atoms with Crippen LogP contribution >= 0.6 is 39.1 Å². The summed E-state index contributed by atoms with van der Waals surface area (Å²) in [5.41, 5.74) is 4.91. The van der Waals surface area contributed by atoms with Crippen molar-refractivity contribution in [2.75, 3.05) is 0 Å². The number of rotatable bonds is 2. The zero-order valence-corrected chi connectivity index (χ0v) is 12.3. The van der Waals surface area contributed by atoms with E-state index in [1.54, 1.807) is 12.3 Å². The fourth-order valence-electron chi connectivity index (χ4n) is 1.27. The SMILES string of the molecule is O=C(NNC(=O)c1cc(Cl)c(Cl)[nH]1)c1cc(Br)c[nH]1. The second-order valence-electron chi connectivity index (χ2n) is 3.48. The molecule has 0 fully saturated rings. The van der Waals surface area contributed by atoms with Gasteiger partial charge in [0, 0.05) is 10.7 Å². The van der Waals surface area contributed by atoms with Crippen molar-refractivity contribution in [2.45, 2.75) is 0 Å². The van der Waals surface area contributed by atoms with Crippen molar-refractivity contribution in [1.82, 2.24) is 20.8 Å². The summed E-state index contributed by atoms with van der Waals surface area (Å²) in [7, 11) is 0. The van der Waals surface area contributed by atoms with Crippen molar-refractivity contribution in [3.8, 4) is 0 Å². The summed E-state index contributed by atoms with van der Waals surface area (Å²) in [6.45, 7) is 0. The van der Waals surface area contributed by atoms with Crippen LogP contribution in [0.25, 0.3) is 0 Å².